The zero-order chi connectivity index (χ0) is 9.80. The van der Waals surface area contributed by atoms with Gasteiger partial charge >= 0.3 is 0 Å². The lowest BCUT2D eigenvalue weighted by atomic mass is 10.4. The predicted molar refractivity (Wildman–Crippen MR) is 59.1 cm³/mol. The third kappa shape index (κ3) is 2.67. The van der Waals surface area contributed by atoms with Crippen LogP contribution in [-0.2, 0) is 13.1 Å². The van der Waals surface area contributed by atoms with Gasteiger partial charge in [0, 0.05) is 11.9 Å². The molecular formula is C9H9BrN2OS. The smallest absolute Gasteiger partial charge is 0.169 e. The van der Waals surface area contributed by atoms with Crippen LogP contribution in [0.1, 0.15) is 11.5 Å². The summed E-state index contributed by atoms with van der Waals surface area (Å²) < 4.78 is 6.11. The van der Waals surface area contributed by atoms with Crippen molar-refractivity contribution in [3.05, 3.63) is 39.1 Å². The fourth-order valence-electron chi connectivity index (χ4n) is 1.09. The number of rotatable bonds is 4. The summed E-state index contributed by atoms with van der Waals surface area (Å²) in [5, 5.41) is 5.28. The van der Waals surface area contributed by atoms with E-state index >= 15 is 0 Å². The van der Waals surface area contributed by atoms with E-state index in [2.05, 4.69) is 26.2 Å². The fourth-order valence-corrected chi connectivity index (χ4v) is 1.98. The summed E-state index contributed by atoms with van der Waals surface area (Å²) in [5.74, 6) is 0.923. The minimum absolute atomic E-state index is 0.725. The Balaban J connectivity index is 1.78. The van der Waals surface area contributed by atoms with Gasteiger partial charge in [0.1, 0.15) is 5.76 Å². The number of nitrogens with zero attached hydrogens (tertiary/aromatic N) is 1. The second-order valence-electron chi connectivity index (χ2n) is 2.79. The van der Waals surface area contributed by atoms with E-state index in [1.165, 1.54) is 0 Å². The maximum atomic E-state index is 5.34. The van der Waals surface area contributed by atoms with Crippen LogP contribution in [0.5, 0.6) is 0 Å². The highest BCUT2D eigenvalue weighted by Gasteiger charge is 1.99. The quantitative estimate of drug-likeness (QED) is 0.930. The van der Waals surface area contributed by atoms with Gasteiger partial charge in [-0.05, 0) is 28.1 Å². The van der Waals surface area contributed by atoms with Crippen molar-refractivity contribution in [3.8, 4) is 0 Å². The Kier molecular flexibility index (Phi) is 3.34. The van der Waals surface area contributed by atoms with Gasteiger partial charge in [0.25, 0.3) is 0 Å². The Hall–Kier alpha value is -0.650. The van der Waals surface area contributed by atoms with E-state index in [-0.39, 0.29) is 0 Å². The van der Waals surface area contributed by atoms with Crippen LogP contribution in [0.4, 0.5) is 0 Å². The number of thiazole rings is 1. The molecule has 3 nitrogen and oxygen atoms in total. The number of aromatic nitrogens is 1. The highest BCUT2D eigenvalue weighted by Crippen LogP contribution is 2.13. The molecule has 0 aromatic carbocycles. The molecule has 0 unspecified atom stereocenters. The molecule has 0 saturated carbocycles. The van der Waals surface area contributed by atoms with Gasteiger partial charge in [-0.2, -0.15) is 0 Å². The van der Waals surface area contributed by atoms with E-state index in [1.807, 2.05) is 23.0 Å². The van der Waals surface area contributed by atoms with Crippen LogP contribution in [0, 0.1) is 0 Å². The van der Waals surface area contributed by atoms with E-state index in [9.17, 15) is 0 Å². The van der Waals surface area contributed by atoms with E-state index < -0.39 is 0 Å². The molecule has 1 N–H and O–H groups in total. The van der Waals surface area contributed by atoms with E-state index in [1.54, 1.807) is 11.3 Å². The Morgan fingerprint density at radius 3 is 3.00 bits per heavy atom. The van der Waals surface area contributed by atoms with Gasteiger partial charge in [0.05, 0.1) is 17.7 Å². The lowest BCUT2D eigenvalue weighted by Crippen LogP contribution is -2.12. The first-order valence-corrected chi connectivity index (χ1v) is 5.90. The van der Waals surface area contributed by atoms with Crippen molar-refractivity contribution >= 4 is 27.3 Å². The summed E-state index contributed by atoms with van der Waals surface area (Å²) in [7, 11) is 0. The molecular weight excluding hydrogens is 264 g/mol. The summed E-state index contributed by atoms with van der Waals surface area (Å²) in [6.07, 6.45) is 0. The largest absolute Gasteiger partial charge is 0.453 e. The van der Waals surface area contributed by atoms with Crippen molar-refractivity contribution in [2.75, 3.05) is 0 Å². The number of halogens is 1. The molecule has 74 valence electrons. The molecule has 2 aromatic rings. The van der Waals surface area contributed by atoms with Gasteiger partial charge < -0.3 is 9.73 Å². The molecule has 0 atom stereocenters. The van der Waals surface area contributed by atoms with Crippen molar-refractivity contribution in [2.24, 2.45) is 0 Å². The summed E-state index contributed by atoms with van der Waals surface area (Å²) >= 11 is 4.87. The summed E-state index contributed by atoms with van der Waals surface area (Å²) in [5.41, 5.74) is 2.90. The molecule has 0 fully saturated rings. The second-order valence-corrected chi connectivity index (χ2v) is 4.29. The van der Waals surface area contributed by atoms with Gasteiger partial charge in [0.15, 0.2) is 4.67 Å². The minimum Gasteiger partial charge on any atom is -0.453 e. The highest BCUT2D eigenvalue weighted by molar-refractivity contribution is 9.10. The number of hydrogen-bond donors (Lipinski definition) is 1. The fraction of sp³-hybridized carbons (Fsp3) is 0.222. The first kappa shape index (κ1) is 9.89. The third-order valence-corrected chi connectivity index (χ3v) is 2.78. The van der Waals surface area contributed by atoms with Gasteiger partial charge in [0.2, 0.25) is 0 Å². The molecule has 2 heterocycles. The van der Waals surface area contributed by atoms with Crippen LogP contribution in [0.15, 0.2) is 32.1 Å². The lowest BCUT2D eigenvalue weighted by molar-refractivity contribution is 0.464. The van der Waals surface area contributed by atoms with Crippen LogP contribution >= 0.6 is 27.3 Å². The van der Waals surface area contributed by atoms with Gasteiger partial charge in [-0.1, -0.05) is 0 Å². The number of nitrogens with one attached hydrogen (secondary N) is 1. The van der Waals surface area contributed by atoms with Crippen LogP contribution in [0.25, 0.3) is 0 Å². The van der Waals surface area contributed by atoms with E-state index in [0.717, 1.165) is 29.2 Å². The molecule has 2 aromatic heterocycles. The Morgan fingerprint density at radius 1 is 1.43 bits per heavy atom. The van der Waals surface area contributed by atoms with E-state index in [4.69, 9.17) is 4.42 Å². The van der Waals surface area contributed by atoms with Crippen LogP contribution in [0.2, 0.25) is 0 Å². The van der Waals surface area contributed by atoms with Crippen molar-refractivity contribution in [3.63, 3.8) is 0 Å². The molecule has 0 aliphatic rings. The number of furan rings is 1. The standard InChI is InChI=1S/C9H9BrN2OS/c10-9-2-1-8(13-9)4-11-3-7-5-14-6-12-7/h1-2,5-6,11H,3-4H2. The van der Waals surface area contributed by atoms with Crippen molar-refractivity contribution in [1.29, 1.82) is 0 Å². The second kappa shape index (κ2) is 4.72. The molecule has 0 bridgehead atoms. The molecule has 0 aliphatic heterocycles. The molecule has 0 radical (unpaired) electrons. The predicted octanol–water partition coefficient (Wildman–Crippen LogP) is 2.79. The monoisotopic (exact) mass is 272 g/mol. The zero-order valence-corrected chi connectivity index (χ0v) is 9.77. The lowest BCUT2D eigenvalue weighted by Gasteiger charge is -1.98. The molecule has 0 spiro atoms. The van der Waals surface area contributed by atoms with Gasteiger partial charge in [-0.25, -0.2) is 4.98 Å². The van der Waals surface area contributed by atoms with Crippen LogP contribution in [0.3, 0.4) is 0 Å². The molecule has 2 rings (SSSR count). The highest BCUT2D eigenvalue weighted by atomic mass is 79.9. The van der Waals surface area contributed by atoms with Gasteiger partial charge in [-0.3, -0.25) is 0 Å². The Bertz CT molecular complexity index is 385. The molecule has 0 saturated heterocycles. The van der Waals surface area contributed by atoms with Crippen LogP contribution < -0.4 is 5.32 Å². The van der Waals surface area contributed by atoms with Crippen molar-refractivity contribution in [2.45, 2.75) is 13.1 Å². The number of hydrogen-bond acceptors (Lipinski definition) is 4. The normalized spacial score (nSPS) is 10.6. The first-order chi connectivity index (χ1) is 6.84. The molecule has 5 heteroatoms. The van der Waals surface area contributed by atoms with Crippen molar-refractivity contribution in [1.82, 2.24) is 10.3 Å². The maximum Gasteiger partial charge on any atom is 0.169 e. The SMILES string of the molecule is Brc1ccc(CNCc2cscn2)o1. The van der Waals surface area contributed by atoms with Crippen LogP contribution in [-0.4, -0.2) is 4.98 Å². The molecule has 0 aliphatic carbocycles. The van der Waals surface area contributed by atoms with Crippen molar-refractivity contribution < 1.29 is 4.42 Å². The van der Waals surface area contributed by atoms with E-state index in [0.29, 0.717) is 0 Å². The Labute approximate surface area is 94.3 Å². The maximum absolute atomic E-state index is 5.34. The Morgan fingerprint density at radius 2 is 2.36 bits per heavy atom. The minimum atomic E-state index is 0.725. The first-order valence-electron chi connectivity index (χ1n) is 4.16. The summed E-state index contributed by atoms with van der Waals surface area (Å²) in [6.45, 7) is 1.50. The third-order valence-electron chi connectivity index (χ3n) is 1.72. The average molecular weight is 273 g/mol. The summed E-state index contributed by atoms with van der Waals surface area (Å²) in [4.78, 5) is 4.17. The molecule has 0 amide bonds. The molecule has 14 heavy (non-hydrogen) atoms. The topological polar surface area (TPSA) is 38.1 Å². The average Bonchev–Trinajstić information content (AvgIpc) is 2.77. The zero-order valence-electron chi connectivity index (χ0n) is 7.37. The summed E-state index contributed by atoms with van der Waals surface area (Å²) in [6, 6.07) is 3.83. The van der Waals surface area contributed by atoms with Gasteiger partial charge in [-0.15, -0.1) is 11.3 Å².